The fraction of sp³-hybridized carbons (Fsp3) is 0.143. The van der Waals surface area contributed by atoms with E-state index in [0.717, 1.165) is 11.1 Å². The minimum absolute atomic E-state index is 0.182. The zero-order chi connectivity index (χ0) is 22.9. The summed E-state index contributed by atoms with van der Waals surface area (Å²) in [5, 5.41) is 9.80. The standard InChI is InChI=1S/C21H14ClF3N4O3/c22-14-7-3-12(4-8-14)10-27-16-15(17(30)18(16)31)26-9-11-1-5-13(6-2-11)19-28-20(32-29-19)21(23,24)25/h1-8,26-27H,9-10H2. The third-order valence-electron chi connectivity index (χ3n) is 4.64. The molecule has 0 atom stereocenters. The molecule has 3 aromatic carbocycles. The van der Waals surface area contributed by atoms with Crippen molar-refractivity contribution in [2.45, 2.75) is 19.3 Å². The summed E-state index contributed by atoms with van der Waals surface area (Å²) < 4.78 is 42.0. The van der Waals surface area contributed by atoms with Crippen molar-refractivity contribution in [3.63, 3.8) is 0 Å². The first kappa shape index (κ1) is 21.6. The van der Waals surface area contributed by atoms with E-state index in [9.17, 15) is 22.8 Å². The number of hydrogen-bond acceptors (Lipinski definition) is 7. The molecule has 0 saturated carbocycles. The molecule has 1 aromatic heterocycles. The van der Waals surface area contributed by atoms with Gasteiger partial charge in [0.2, 0.25) is 5.82 Å². The Morgan fingerprint density at radius 3 is 1.81 bits per heavy atom. The van der Waals surface area contributed by atoms with Crippen LogP contribution in [0.5, 0.6) is 0 Å². The molecule has 1 heterocycles. The summed E-state index contributed by atoms with van der Waals surface area (Å²) in [6, 6.07) is 13.4. The highest BCUT2D eigenvalue weighted by molar-refractivity contribution is 6.30. The molecule has 4 aromatic rings. The smallest absolute Gasteiger partial charge is 0.376 e. The van der Waals surface area contributed by atoms with E-state index in [1.54, 1.807) is 36.4 Å². The molecule has 11 heteroatoms. The predicted octanol–water partition coefficient (Wildman–Crippen LogP) is 4.23. The van der Waals surface area contributed by atoms with E-state index in [0.29, 0.717) is 17.1 Å². The number of alkyl halides is 3. The van der Waals surface area contributed by atoms with Crippen molar-refractivity contribution in [3.8, 4) is 11.4 Å². The van der Waals surface area contributed by atoms with Crippen LogP contribution in [0.3, 0.4) is 0 Å². The van der Waals surface area contributed by atoms with Gasteiger partial charge in [-0.3, -0.25) is 9.59 Å². The molecule has 0 saturated heterocycles. The Kier molecular flexibility index (Phi) is 5.70. The number of anilines is 2. The molecule has 32 heavy (non-hydrogen) atoms. The highest BCUT2D eigenvalue weighted by atomic mass is 35.5. The van der Waals surface area contributed by atoms with E-state index in [-0.39, 0.29) is 23.7 Å². The maximum atomic E-state index is 12.6. The zero-order valence-corrected chi connectivity index (χ0v) is 16.9. The second-order valence-electron chi connectivity index (χ2n) is 6.86. The van der Waals surface area contributed by atoms with Gasteiger partial charge >= 0.3 is 12.1 Å². The summed E-state index contributed by atoms with van der Waals surface area (Å²) in [6.07, 6.45) is -4.71. The second kappa shape index (κ2) is 8.46. The van der Waals surface area contributed by atoms with E-state index in [1.165, 1.54) is 12.1 Å². The maximum absolute atomic E-state index is 12.6. The number of nitrogens with zero attached hydrogens (tertiary/aromatic N) is 2. The van der Waals surface area contributed by atoms with Gasteiger partial charge in [0.15, 0.2) is 0 Å². The van der Waals surface area contributed by atoms with Crippen LogP contribution in [0.15, 0.2) is 62.6 Å². The van der Waals surface area contributed by atoms with Crippen molar-refractivity contribution in [2.24, 2.45) is 0 Å². The second-order valence-corrected chi connectivity index (χ2v) is 7.30. The predicted molar refractivity (Wildman–Crippen MR) is 112 cm³/mol. The Morgan fingerprint density at radius 2 is 1.34 bits per heavy atom. The fourth-order valence-electron chi connectivity index (χ4n) is 2.94. The lowest BCUT2D eigenvalue weighted by Crippen LogP contribution is -2.37. The summed E-state index contributed by atoms with van der Waals surface area (Å²) in [4.78, 5) is 27.2. The van der Waals surface area contributed by atoms with Crippen molar-refractivity contribution >= 4 is 23.0 Å². The molecular formula is C21H14ClF3N4O3. The summed E-state index contributed by atoms with van der Waals surface area (Å²) in [5.41, 5.74) is 1.12. The average Bonchev–Trinajstić information content (AvgIpc) is 3.28. The number of nitrogens with one attached hydrogen (secondary N) is 2. The molecule has 0 amide bonds. The van der Waals surface area contributed by atoms with Crippen LogP contribution in [0.4, 0.5) is 24.5 Å². The molecule has 0 radical (unpaired) electrons. The monoisotopic (exact) mass is 462 g/mol. The minimum atomic E-state index is -4.71. The van der Waals surface area contributed by atoms with Gasteiger partial charge in [-0.1, -0.05) is 53.2 Å². The van der Waals surface area contributed by atoms with Crippen LogP contribution in [0, 0.1) is 0 Å². The van der Waals surface area contributed by atoms with Crippen molar-refractivity contribution in [3.05, 3.63) is 91.0 Å². The van der Waals surface area contributed by atoms with E-state index in [1.807, 2.05) is 0 Å². The van der Waals surface area contributed by atoms with Gasteiger partial charge in [-0.15, -0.1) is 0 Å². The lowest BCUT2D eigenvalue weighted by Gasteiger charge is -2.15. The fourth-order valence-corrected chi connectivity index (χ4v) is 3.07. The molecule has 4 rings (SSSR count). The van der Waals surface area contributed by atoms with Crippen LogP contribution in [0.1, 0.15) is 17.0 Å². The highest BCUT2D eigenvalue weighted by Gasteiger charge is 2.38. The Balaban J connectivity index is 1.39. The number of halogens is 4. The molecule has 0 aliphatic carbocycles. The first-order valence-electron chi connectivity index (χ1n) is 9.28. The average molecular weight is 463 g/mol. The van der Waals surface area contributed by atoms with Crippen LogP contribution >= 0.6 is 11.6 Å². The molecule has 0 aliphatic rings. The van der Waals surface area contributed by atoms with Crippen LogP contribution in [-0.2, 0) is 19.3 Å². The van der Waals surface area contributed by atoms with Crippen molar-refractivity contribution in [1.82, 2.24) is 10.1 Å². The molecular weight excluding hydrogens is 449 g/mol. The summed E-state index contributed by atoms with van der Waals surface area (Å²) >= 11 is 5.85. The lowest BCUT2D eigenvalue weighted by molar-refractivity contribution is -0.159. The Bertz CT molecular complexity index is 1310. The number of aromatic nitrogens is 2. The topological polar surface area (TPSA) is 97.1 Å². The van der Waals surface area contributed by atoms with Gasteiger partial charge in [-0.2, -0.15) is 18.2 Å². The van der Waals surface area contributed by atoms with Gasteiger partial charge in [0, 0.05) is 23.7 Å². The highest BCUT2D eigenvalue weighted by Crippen LogP contribution is 2.29. The summed E-state index contributed by atoms with van der Waals surface area (Å²) in [6.45, 7) is 0.566. The molecule has 0 bridgehead atoms. The van der Waals surface area contributed by atoms with Gasteiger partial charge in [0.05, 0.1) is 0 Å². The van der Waals surface area contributed by atoms with Gasteiger partial charge in [-0.25, -0.2) is 0 Å². The lowest BCUT2D eigenvalue weighted by atomic mass is 10.1. The quantitative estimate of drug-likeness (QED) is 0.397. The number of hydrogen-bond donors (Lipinski definition) is 2. The molecule has 0 aliphatic heterocycles. The first-order chi connectivity index (χ1) is 15.2. The van der Waals surface area contributed by atoms with Gasteiger partial charge in [-0.05, 0) is 23.3 Å². The van der Waals surface area contributed by atoms with Gasteiger partial charge < -0.3 is 15.2 Å². The van der Waals surface area contributed by atoms with Crippen LogP contribution in [-0.4, -0.2) is 10.1 Å². The third-order valence-corrected chi connectivity index (χ3v) is 4.89. The zero-order valence-electron chi connectivity index (χ0n) is 16.2. The van der Waals surface area contributed by atoms with Crippen molar-refractivity contribution < 1.29 is 17.7 Å². The van der Waals surface area contributed by atoms with Crippen LogP contribution in [0.25, 0.3) is 11.4 Å². The Hall–Kier alpha value is -3.66. The molecule has 0 unspecified atom stereocenters. The van der Waals surface area contributed by atoms with E-state index < -0.39 is 22.9 Å². The van der Waals surface area contributed by atoms with E-state index in [4.69, 9.17) is 11.6 Å². The Morgan fingerprint density at radius 1 is 0.844 bits per heavy atom. The largest absolute Gasteiger partial charge is 0.471 e. The van der Waals surface area contributed by atoms with Crippen molar-refractivity contribution in [2.75, 3.05) is 10.6 Å². The van der Waals surface area contributed by atoms with Crippen molar-refractivity contribution in [1.29, 1.82) is 0 Å². The summed E-state index contributed by atoms with van der Waals surface area (Å²) in [7, 11) is 0. The molecule has 2 N–H and O–H groups in total. The maximum Gasteiger partial charge on any atom is 0.471 e. The number of benzene rings is 2. The first-order valence-corrected chi connectivity index (χ1v) is 9.66. The number of rotatable bonds is 7. The van der Waals surface area contributed by atoms with E-state index in [2.05, 4.69) is 25.3 Å². The summed E-state index contributed by atoms with van der Waals surface area (Å²) in [5.74, 6) is -1.61. The molecule has 0 spiro atoms. The molecule has 7 nitrogen and oxygen atoms in total. The van der Waals surface area contributed by atoms with Gasteiger partial charge in [0.25, 0.3) is 10.9 Å². The minimum Gasteiger partial charge on any atom is -0.376 e. The molecule has 0 fully saturated rings. The molecule has 164 valence electrons. The van der Waals surface area contributed by atoms with Gasteiger partial charge in [0.1, 0.15) is 11.4 Å². The Labute approximate surface area is 183 Å². The van der Waals surface area contributed by atoms with E-state index >= 15 is 0 Å². The third kappa shape index (κ3) is 4.50. The normalized spacial score (nSPS) is 11.6. The van der Waals surface area contributed by atoms with Crippen LogP contribution in [0.2, 0.25) is 5.02 Å². The SMILES string of the molecule is O=c1c(NCc2ccc(Cl)cc2)c(NCc2ccc(-c3noc(C(F)(F)F)n3)cc2)c1=O. The van der Waals surface area contributed by atoms with Crippen LogP contribution < -0.4 is 21.5 Å².